The van der Waals surface area contributed by atoms with Crippen LogP contribution in [0.3, 0.4) is 0 Å². The number of carbonyl (C=O) groups excluding carboxylic acids is 2. The third kappa shape index (κ3) is 7.44. The number of amides is 2. The molecule has 2 amide bonds. The van der Waals surface area contributed by atoms with Crippen LogP contribution in [0.5, 0.6) is 0 Å². The smallest absolute Gasteiger partial charge is 0.244 e. The zero-order valence-corrected chi connectivity index (χ0v) is 23.6. The highest BCUT2D eigenvalue weighted by molar-refractivity contribution is 7.92. The number of nitrogens with one attached hydrogen (secondary N) is 1. The number of likely N-dealkylation sites (N-methyl/N-ethyl adjacent to an activating group) is 1. The SMILES string of the molecule is CCNC(=O)[C@@H](Cc1ccccc1)N(Cc1cccc(C)c1)C(=O)CN(c1c(C)cccc1C)S(C)(=O)=O. The molecule has 1 atom stereocenters. The largest absolute Gasteiger partial charge is 0.355 e. The summed E-state index contributed by atoms with van der Waals surface area (Å²) in [4.78, 5) is 29.0. The van der Waals surface area contributed by atoms with E-state index in [2.05, 4.69) is 5.32 Å². The third-order valence-electron chi connectivity index (χ3n) is 6.43. The molecule has 0 saturated carbocycles. The van der Waals surface area contributed by atoms with Gasteiger partial charge in [0.15, 0.2) is 0 Å². The zero-order valence-electron chi connectivity index (χ0n) is 22.8. The Balaban J connectivity index is 2.08. The van der Waals surface area contributed by atoms with Crippen LogP contribution < -0.4 is 9.62 Å². The van der Waals surface area contributed by atoms with Gasteiger partial charge in [-0.1, -0.05) is 78.4 Å². The van der Waals surface area contributed by atoms with E-state index in [-0.39, 0.29) is 12.5 Å². The van der Waals surface area contributed by atoms with E-state index in [1.807, 2.05) is 100 Å². The summed E-state index contributed by atoms with van der Waals surface area (Å²) in [6.07, 6.45) is 1.40. The van der Waals surface area contributed by atoms with Crippen molar-refractivity contribution in [1.82, 2.24) is 10.2 Å². The number of para-hydroxylation sites is 1. The van der Waals surface area contributed by atoms with Crippen LogP contribution in [0.1, 0.15) is 34.7 Å². The van der Waals surface area contributed by atoms with E-state index >= 15 is 0 Å². The van der Waals surface area contributed by atoms with Crippen molar-refractivity contribution in [3.8, 4) is 0 Å². The molecule has 3 rings (SSSR count). The average Bonchev–Trinajstić information content (AvgIpc) is 2.85. The molecule has 0 saturated heterocycles. The Bertz CT molecular complexity index is 1350. The van der Waals surface area contributed by atoms with Crippen LogP contribution >= 0.6 is 0 Å². The predicted octanol–water partition coefficient (Wildman–Crippen LogP) is 4.15. The summed E-state index contributed by atoms with van der Waals surface area (Å²) in [5.41, 5.74) is 4.77. The van der Waals surface area contributed by atoms with Crippen LogP contribution in [0, 0.1) is 20.8 Å². The maximum absolute atomic E-state index is 14.1. The van der Waals surface area contributed by atoms with Crippen molar-refractivity contribution in [2.75, 3.05) is 23.7 Å². The van der Waals surface area contributed by atoms with Crippen LogP contribution in [-0.2, 0) is 32.6 Å². The highest BCUT2D eigenvalue weighted by Crippen LogP contribution is 2.27. The first-order valence-electron chi connectivity index (χ1n) is 12.7. The highest BCUT2D eigenvalue weighted by atomic mass is 32.2. The number of carbonyl (C=O) groups is 2. The Labute approximate surface area is 226 Å². The van der Waals surface area contributed by atoms with E-state index in [0.29, 0.717) is 18.7 Å². The summed E-state index contributed by atoms with van der Waals surface area (Å²) in [5.74, 6) is -0.734. The number of nitrogens with zero attached hydrogens (tertiary/aromatic N) is 2. The topological polar surface area (TPSA) is 86.8 Å². The Kier molecular flexibility index (Phi) is 9.69. The Morgan fingerprint density at radius 1 is 0.868 bits per heavy atom. The van der Waals surface area contributed by atoms with Gasteiger partial charge in [-0.3, -0.25) is 13.9 Å². The third-order valence-corrected chi connectivity index (χ3v) is 7.54. The molecule has 7 nitrogen and oxygen atoms in total. The Morgan fingerprint density at radius 3 is 2.05 bits per heavy atom. The molecule has 0 aromatic heterocycles. The number of rotatable bonds is 11. The first kappa shape index (κ1) is 28.9. The molecule has 0 bridgehead atoms. The first-order chi connectivity index (χ1) is 18.0. The molecule has 3 aromatic carbocycles. The van der Waals surface area contributed by atoms with E-state index < -0.39 is 28.5 Å². The summed E-state index contributed by atoms with van der Waals surface area (Å²) in [6.45, 7) is 7.60. The minimum absolute atomic E-state index is 0.166. The first-order valence-corrected chi connectivity index (χ1v) is 14.6. The van der Waals surface area contributed by atoms with Gasteiger partial charge in [-0.05, 0) is 49.9 Å². The summed E-state index contributed by atoms with van der Waals surface area (Å²) >= 11 is 0. The summed E-state index contributed by atoms with van der Waals surface area (Å²) < 4.78 is 27.1. The number of hydrogen-bond acceptors (Lipinski definition) is 4. The maximum Gasteiger partial charge on any atom is 0.244 e. The average molecular weight is 536 g/mol. The normalized spacial score (nSPS) is 12.0. The fourth-order valence-electron chi connectivity index (χ4n) is 4.63. The maximum atomic E-state index is 14.1. The van der Waals surface area contributed by atoms with Gasteiger partial charge >= 0.3 is 0 Å². The van der Waals surface area contributed by atoms with E-state index in [9.17, 15) is 18.0 Å². The standard InChI is InChI=1S/C30H37N3O4S/c1-6-31-30(35)27(19-25-15-8-7-9-16-25)32(20-26-17-10-12-22(2)18-26)28(34)21-33(38(5,36)37)29-23(3)13-11-14-24(29)4/h7-18,27H,6,19-21H2,1-5H3,(H,31,35)/t27-/m1/s1. The lowest BCUT2D eigenvalue weighted by molar-refractivity contribution is -0.140. The minimum Gasteiger partial charge on any atom is -0.355 e. The summed E-state index contributed by atoms with van der Waals surface area (Å²) in [7, 11) is -3.80. The quantitative estimate of drug-likeness (QED) is 0.400. The predicted molar refractivity (Wildman–Crippen MR) is 152 cm³/mol. The van der Waals surface area contributed by atoms with Gasteiger partial charge in [-0.25, -0.2) is 8.42 Å². The van der Waals surface area contributed by atoms with E-state index in [1.54, 1.807) is 0 Å². The minimum atomic E-state index is -3.80. The summed E-state index contributed by atoms with van der Waals surface area (Å²) in [6, 6.07) is 21.9. The lowest BCUT2D eigenvalue weighted by atomic mass is 10.0. The van der Waals surface area contributed by atoms with Crippen molar-refractivity contribution >= 4 is 27.5 Å². The molecular formula is C30H37N3O4S. The van der Waals surface area contributed by atoms with Crippen molar-refractivity contribution in [2.24, 2.45) is 0 Å². The molecule has 1 N–H and O–H groups in total. The zero-order chi connectivity index (χ0) is 27.9. The number of sulfonamides is 1. The number of benzene rings is 3. The van der Waals surface area contributed by atoms with Crippen LogP contribution in [0.15, 0.2) is 72.8 Å². The van der Waals surface area contributed by atoms with Crippen molar-refractivity contribution in [3.05, 3.63) is 101 Å². The molecule has 0 heterocycles. The summed E-state index contributed by atoms with van der Waals surface area (Å²) in [5, 5.41) is 2.87. The molecule has 8 heteroatoms. The number of aryl methyl sites for hydroxylation is 3. The van der Waals surface area contributed by atoms with Crippen molar-refractivity contribution in [3.63, 3.8) is 0 Å². The lowest BCUT2D eigenvalue weighted by Gasteiger charge is -2.34. The van der Waals surface area contributed by atoms with E-state index in [0.717, 1.165) is 38.4 Å². The molecule has 0 aliphatic heterocycles. The van der Waals surface area contributed by atoms with Gasteiger partial charge in [0.2, 0.25) is 21.8 Å². The van der Waals surface area contributed by atoms with Gasteiger partial charge in [0.25, 0.3) is 0 Å². The van der Waals surface area contributed by atoms with Crippen molar-refractivity contribution in [2.45, 2.75) is 46.7 Å². The van der Waals surface area contributed by atoms with Gasteiger partial charge in [0, 0.05) is 19.5 Å². The molecule has 0 aliphatic carbocycles. The van der Waals surface area contributed by atoms with E-state index in [1.165, 1.54) is 4.90 Å². The molecule has 0 fully saturated rings. The monoisotopic (exact) mass is 535 g/mol. The fraction of sp³-hybridized carbons (Fsp3) is 0.333. The Morgan fingerprint density at radius 2 is 1.47 bits per heavy atom. The van der Waals surface area contributed by atoms with Crippen molar-refractivity contribution < 1.29 is 18.0 Å². The second-order valence-corrected chi connectivity index (χ2v) is 11.5. The number of anilines is 1. The highest BCUT2D eigenvalue weighted by Gasteiger charge is 2.33. The van der Waals surface area contributed by atoms with E-state index in [4.69, 9.17) is 0 Å². The van der Waals surface area contributed by atoms with Gasteiger partial charge < -0.3 is 10.2 Å². The fourth-order valence-corrected chi connectivity index (χ4v) is 5.59. The lowest BCUT2D eigenvalue weighted by Crippen LogP contribution is -2.53. The molecule has 0 unspecified atom stereocenters. The molecule has 0 radical (unpaired) electrons. The van der Waals surface area contributed by atoms with Crippen LogP contribution in [0.25, 0.3) is 0 Å². The number of hydrogen-bond donors (Lipinski definition) is 1. The van der Waals surface area contributed by atoms with Crippen LogP contribution in [-0.4, -0.2) is 50.5 Å². The van der Waals surface area contributed by atoms with Crippen molar-refractivity contribution in [1.29, 1.82) is 0 Å². The van der Waals surface area contributed by atoms with Gasteiger partial charge in [-0.15, -0.1) is 0 Å². The van der Waals surface area contributed by atoms with Gasteiger partial charge in [0.1, 0.15) is 12.6 Å². The van der Waals surface area contributed by atoms with Crippen LogP contribution in [0.2, 0.25) is 0 Å². The van der Waals surface area contributed by atoms with Gasteiger partial charge in [0.05, 0.1) is 11.9 Å². The molecule has 202 valence electrons. The molecule has 0 aliphatic rings. The second-order valence-electron chi connectivity index (χ2n) is 9.62. The van der Waals surface area contributed by atoms with Crippen LogP contribution in [0.4, 0.5) is 5.69 Å². The molecular weight excluding hydrogens is 498 g/mol. The molecule has 38 heavy (non-hydrogen) atoms. The van der Waals surface area contributed by atoms with Gasteiger partial charge in [-0.2, -0.15) is 0 Å². The molecule has 3 aromatic rings. The molecule has 0 spiro atoms. The second kappa shape index (κ2) is 12.7. The Hall–Kier alpha value is -3.65.